The largest absolute Gasteiger partial charge is 0.456 e. The smallest absolute Gasteiger partial charge is 0.426 e. The second kappa shape index (κ2) is 11.1. The Balaban J connectivity index is 1.45. The molecule has 1 heterocycles. The van der Waals surface area contributed by atoms with E-state index in [1.807, 2.05) is 6.08 Å². The molecule has 0 radical (unpaired) electrons. The Morgan fingerprint density at radius 3 is 2.30 bits per heavy atom. The third-order valence-corrected chi connectivity index (χ3v) is 5.97. The topological polar surface area (TPSA) is 27.7 Å². The normalized spacial score (nSPS) is 17.7. The Kier molecular flexibility index (Phi) is 7.92. The van der Waals surface area contributed by atoms with E-state index >= 15 is 0 Å². The van der Waals surface area contributed by atoms with Gasteiger partial charge in [-0.05, 0) is 60.4 Å². The molecule has 194 valence electrons. The van der Waals surface area contributed by atoms with Crippen molar-refractivity contribution >= 4 is 0 Å². The molecule has 9 heteroatoms. The standard InChI is InChI=1S/C28H22F6O3/c1-2-17-3-11-25(35-15-17)18-4-7-20(8-5-18)28(33,34)37-21-9-10-22(23(29)14-21)19-6-12-26(24(30)13-19)36-16-27(31)32/h2,4-10,12-14,16-17,25H,1,3,11,15H2. The lowest BCUT2D eigenvalue weighted by Gasteiger charge is -2.28. The van der Waals surface area contributed by atoms with Gasteiger partial charge in [-0.15, -0.1) is 6.58 Å². The van der Waals surface area contributed by atoms with Gasteiger partial charge in [-0.3, -0.25) is 0 Å². The van der Waals surface area contributed by atoms with Crippen LogP contribution in [0.25, 0.3) is 11.1 Å². The minimum Gasteiger partial charge on any atom is -0.456 e. The molecule has 1 saturated heterocycles. The van der Waals surface area contributed by atoms with Crippen molar-refractivity contribution in [2.24, 2.45) is 5.92 Å². The van der Waals surface area contributed by atoms with Gasteiger partial charge in [-0.2, -0.15) is 17.6 Å². The minimum absolute atomic E-state index is 0.0466. The molecule has 0 bridgehead atoms. The predicted octanol–water partition coefficient (Wildman–Crippen LogP) is 8.53. The van der Waals surface area contributed by atoms with Crippen molar-refractivity contribution in [1.82, 2.24) is 0 Å². The van der Waals surface area contributed by atoms with Crippen molar-refractivity contribution in [3.05, 3.63) is 108 Å². The van der Waals surface area contributed by atoms with Crippen molar-refractivity contribution in [2.45, 2.75) is 25.1 Å². The zero-order chi connectivity index (χ0) is 26.6. The third-order valence-electron chi connectivity index (χ3n) is 5.97. The molecule has 1 aliphatic rings. The predicted molar refractivity (Wildman–Crippen MR) is 125 cm³/mol. The summed E-state index contributed by atoms with van der Waals surface area (Å²) < 4.78 is 97.7. The Labute approximate surface area is 209 Å². The number of halogens is 6. The first-order valence-corrected chi connectivity index (χ1v) is 11.3. The van der Waals surface area contributed by atoms with E-state index in [2.05, 4.69) is 11.3 Å². The summed E-state index contributed by atoms with van der Waals surface area (Å²) in [5.74, 6) is -2.60. The van der Waals surface area contributed by atoms with E-state index in [9.17, 15) is 26.3 Å². The van der Waals surface area contributed by atoms with Crippen LogP contribution in [0.4, 0.5) is 26.3 Å². The quantitative estimate of drug-likeness (QED) is 0.169. The molecule has 3 aromatic rings. The van der Waals surface area contributed by atoms with Crippen LogP contribution in [0.1, 0.15) is 30.1 Å². The first-order chi connectivity index (χ1) is 17.7. The highest BCUT2D eigenvalue weighted by Crippen LogP contribution is 2.36. The molecule has 0 aliphatic carbocycles. The van der Waals surface area contributed by atoms with Crippen LogP contribution in [0, 0.1) is 17.6 Å². The average Bonchev–Trinajstić information content (AvgIpc) is 2.88. The van der Waals surface area contributed by atoms with Crippen LogP contribution in [0.3, 0.4) is 0 Å². The Hall–Kier alpha value is -3.72. The van der Waals surface area contributed by atoms with E-state index in [1.165, 1.54) is 18.2 Å². The Morgan fingerprint density at radius 2 is 1.70 bits per heavy atom. The van der Waals surface area contributed by atoms with E-state index in [0.29, 0.717) is 6.61 Å². The summed E-state index contributed by atoms with van der Waals surface area (Å²) >= 11 is 0. The van der Waals surface area contributed by atoms with Crippen LogP contribution in [0.2, 0.25) is 0 Å². The van der Waals surface area contributed by atoms with Gasteiger partial charge in [0, 0.05) is 17.5 Å². The van der Waals surface area contributed by atoms with Crippen LogP contribution in [0.15, 0.2) is 85.7 Å². The first-order valence-electron chi connectivity index (χ1n) is 11.3. The van der Waals surface area contributed by atoms with Gasteiger partial charge >= 0.3 is 12.2 Å². The van der Waals surface area contributed by atoms with Crippen molar-refractivity contribution in [1.29, 1.82) is 0 Å². The number of benzene rings is 3. The molecule has 0 amide bonds. The highest BCUT2D eigenvalue weighted by Gasteiger charge is 2.35. The average molecular weight is 520 g/mol. The van der Waals surface area contributed by atoms with Crippen molar-refractivity contribution < 1.29 is 40.6 Å². The van der Waals surface area contributed by atoms with Crippen LogP contribution in [-0.2, 0) is 10.8 Å². The summed E-state index contributed by atoms with van der Waals surface area (Å²) in [7, 11) is 0. The van der Waals surface area contributed by atoms with Gasteiger partial charge in [-0.1, -0.05) is 24.3 Å². The molecule has 3 aromatic carbocycles. The lowest BCUT2D eigenvalue weighted by molar-refractivity contribution is -0.185. The Morgan fingerprint density at radius 1 is 0.946 bits per heavy atom. The number of alkyl halides is 2. The summed E-state index contributed by atoms with van der Waals surface area (Å²) in [6, 6.07) is 11.8. The van der Waals surface area contributed by atoms with Gasteiger partial charge < -0.3 is 14.2 Å². The highest BCUT2D eigenvalue weighted by atomic mass is 19.3. The molecule has 0 saturated carbocycles. The number of ether oxygens (including phenoxy) is 3. The maximum absolute atomic E-state index is 14.8. The van der Waals surface area contributed by atoms with Crippen molar-refractivity contribution in [3.8, 4) is 22.6 Å². The Bertz CT molecular complexity index is 1280. The molecule has 4 rings (SSSR count). The maximum atomic E-state index is 14.8. The van der Waals surface area contributed by atoms with E-state index in [0.717, 1.165) is 48.7 Å². The third kappa shape index (κ3) is 6.35. The van der Waals surface area contributed by atoms with E-state index < -0.39 is 40.9 Å². The minimum atomic E-state index is -3.75. The lowest BCUT2D eigenvalue weighted by Crippen LogP contribution is -2.22. The second-order valence-corrected chi connectivity index (χ2v) is 8.45. The second-order valence-electron chi connectivity index (χ2n) is 8.45. The molecule has 2 atom stereocenters. The molecular formula is C28H22F6O3. The summed E-state index contributed by atoms with van der Waals surface area (Å²) in [5.41, 5.74) is 0.290. The zero-order valence-electron chi connectivity index (χ0n) is 19.4. The van der Waals surface area contributed by atoms with E-state index in [1.54, 1.807) is 12.1 Å². The lowest BCUT2D eigenvalue weighted by atomic mass is 9.94. The van der Waals surface area contributed by atoms with E-state index in [-0.39, 0.29) is 29.4 Å². The molecule has 37 heavy (non-hydrogen) atoms. The summed E-state index contributed by atoms with van der Waals surface area (Å²) in [6.07, 6.45) is -2.53. The van der Waals surface area contributed by atoms with E-state index in [4.69, 9.17) is 9.47 Å². The van der Waals surface area contributed by atoms with Crippen LogP contribution < -0.4 is 9.47 Å². The molecule has 0 aromatic heterocycles. The SMILES string of the molecule is C=CC1CCC(c2ccc(C(F)(F)Oc3ccc(-c4ccc(OC=C(F)F)c(F)c4)c(F)c3)cc2)OC1. The molecule has 3 nitrogen and oxygen atoms in total. The molecule has 1 fully saturated rings. The first kappa shape index (κ1) is 26.3. The number of hydrogen-bond donors (Lipinski definition) is 0. The number of rotatable bonds is 8. The monoisotopic (exact) mass is 520 g/mol. The van der Waals surface area contributed by atoms with Crippen LogP contribution >= 0.6 is 0 Å². The van der Waals surface area contributed by atoms with Gasteiger partial charge in [0.25, 0.3) is 0 Å². The van der Waals surface area contributed by atoms with Gasteiger partial charge in [0.05, 0.1) is 18.3 Å². The van der Waals surface area contributed by atoms with Gasteiger partial charge in [-0.25, -0.2) is 8.78 Å². The van der Waals surface area contributed by atoms with Gasteiger partial charge in [0.1, 0.15) is 11.6 Å². The van der Waals surface area contributed by atoms with Crippen molar-refractivity contribution in [2.75, 3.05) is 6.61 Å². The molecular weight excluding hydrogens is 498 g/mol. The number of hydrogen-bond acceptors (Lipinski definition) is 3. The molecule has 2 unspecified atom stereocenters. The fourth-order valence-corrected chi connectivity index (χ4v) is 3.98. The van der Waals surface area contributed by atoms with Crippen LogP contribution in [-0.4, -0.2) is 6.61 Å². The highest BCUT2D eigenvalue weighted by molar-refractivity contribution is 5.66. The maximum Gasteiger partial charge on any atom is 0.426 e. The summed E-state index contributed by atoms with van der Waals surface area (Å²) in [5, 5.41) is 0. The molecule has 0 spiro atoms. The van der Waals surface area contributed by atoms with Crippen molar-refractivity contribution in [3.63, 3.8) is 0 Å². The fourth-order valence-electron chi connectivity index (χ4n) is 3.98. The summed E-state index contributed by atoms with van der Waals surface area (Å²) in [4.78, 5) is 0. The van der Waals surface area contributed by atoms with Crippen LogP contribution in [0.5, 0.6) is 11.5 Å². The summed E-state index contributed by atoms with van der Waals surface area (Å²) in [6.45, 7) is 4.28. The molecule has 0 N–H and O–H groups in total. The fraction of sp³-hybridized carbons (Fsp3) is 0.214. The van der Waals surface area contributed by atoms with Gasteiger partial charge in [0.2, 0.25) is 0 Å². The van der Waals surface area contributed by atoms with Gasteiger partial charge in [0.15, 0.2) is 17.8 Å². The zero-order valence-corrected chi connectivity index (χ0v) is 19.4. The molecule has 1 aliphatic heterocycles.